The minimum Gasteiger partial charge on any atom is -0.310 e. The van der Waals surface area contributed by atoms with Crippen molar-refractivity contribution in [2.45, 2.75) is 66.8 Å². The minimum absolute atomic E-state index is 0.417. The van der Waals surface area contributed by atoms with Gasteiger partial charge in [-0.05, 0) is 55.2 Å². The van der Waals surface area contributed by atoms with Crippen molar-refractivity contribution in [3.8, 4) is 0 Å². The fraction of sp³-hybridized carbons (Fsp3) is 0.684. The van der Waals surface area contributed by atoms with E-state index in [1.165, 1.54) is 30.4 Å². The Morgan fingerprint density at radius 2 is 1.80 bits per heavy atom. The van der Waals surface area contributed by atoms with Gasteiger partial charge < -0.3 is 5.32 Å². The van der Waals surface area contributed by atoms with Crippen LogP contribution in [-0.2, 0) is 0 Å². The molecule has 0 spiro atoms. The highest BCUT2D eigenvalue weighted by Crippen LogP contribution is 2.31. The van der Waals surface area contributed by atoms with E-state index in [0.717, 1.165) is 12.5 Å². The lowest BCUT2D eigenvalue weighted by Crippen LogP contribution is -2.25. The number of nitrogens with one attached hydrogen (secondary N) is 1. The first-order valence-corrected chi connectivity index (χ1v) is 8.12. The van der Waals surface area contributed by atoms with Gasteiger partial charge in [0.05, 0.1) is 0 Å². The molecule has 0 aliphatic heterocycles. The van der Waals surface area contributed by atoms with Crippen LogP contribution in [0.15, 0.2) is 24.3 Å². The van der Waals surface area contributed by atoms with Crippen molar-refractivity contribution in [3.63, 3.8) is 0 Å². The average molecular weight is 275 g/mol. The maximum atomic E-state index is 3.74. The molecule has 1 nitrogen and oxygen atoms in total. The molecule has 0 amide bonds. The van der Waals surface area contributed by atoms with Crippen molar-refractivity contribution in [1.82, 2.24) is 5.32 Å². The Labute approximate surface area is 126 Å². The molecule has 1 rings (SSSR count). The molecule has 1 aromatic carbocycles. The molecule has 114 valence electrons. The van der Waals surface area contributed by atoms with E-state index in [1.807, 2.05) is 0 Å². The highest BCUT2D eigenvalue weighted by atomic mass is 14.9. The zero-order valence-electron chi connectivity index (χ0n) is 14.3. The van der Waals surface area contributed by atoms with Gasteiger partial charge in [-0.25, -0.2) is 0 Å². The molecule has 0 aliphatic rings. The second-order valence-electron chi connectivity index (χ2n) is 7.47. The zero-order valence-corrected chi connectivity index (χ0v) is 14.3. The minimum atomic E-state index is 0.417. The summed E-state index contributed by atoms with van der Waals surface area (Å²) in [6.07, 6.45) is 3.70. The first-order valence-electron chi connectivity index (χ1n) is 8.12. The molecule has 1 heteroatoms. The third-order valence-electron chi connectivity index (χ3n) is 3.80. The van der Waals surface area contributed by atoms with Gasteiger partial charge in [0.25, 0.3) is 0 Å². The maximum absolute atomic E-state index is 3.74. The first-order chi connectivity index (χ1) is 9.33. The largest absolute Gasteiger partial charge is 0.310 e. The molecule has 20 heavy (non-hydrogen) atoms. The van der Waals surface area contributed by atoms with E-state index in [0.29, 0.717) is 11.5 Å². The van der Waals surface area contributed by atoms with Gasteiger partial charge in [0, 0.05) is 6.04 Å². The van der Waals surface area contributed by atoms with E-state index >= 15 is 0 Å². The second kappa shape index (κ2) is 7.83. The second-order valence-corrected chi connectivity index (χ2v) is 7.47. The number of aryl methyl sites for hydroxylation is 1. The Morgan fingerprint density at radius 1 is 1.15 bits per heavy atom. The lowest BCUT2D eigenvalue weighted by molar-refractivity contribution is 0.275. The predicted octanol–water partition coefficient (Wildman–Crippen LogP) is 5.50. The Morgan fingerprint density at radius 3 is 2.35 bits per heavy atom. The molecule has 1 N–H and O–H groups in total. The Bertz CT molecular complexity index is 389. The number of benzene rings is 1. The van der Waals surface area contributed by atoms with Crippen LogP contribution in [0.2, 0.25) is 0 Å². The third kappa shape index (κ3) is 6.09. The third-order valence-corrected chi connectivity index (χ3v) is 3.80. The van der Waals surface area contributed by atoms with Crippen LogP contribution in [0.3, 0.4) is 0 Å². The van der Waals surface area contributed by atoms with Gasteiger partial charge in [0.1, 0.15) is 0 Å². The molecule has 0 radical (unpaired) electrons. The summed E-state index contributed by atoms with van der Waals surface area (Å²) in [5.41, 5.74) is 3.30. The van der Waals surface area contributed by atoms with Crippen molar-refractivity contribution < 1.29 is 0 Å². The average Bonchev–Trinajstić information content (AvgIpc) is 2.33. The summed E-state index contributed by atoms with van der Waals surface area (Å²) in [6.45, 7) is 15.0. The fourth-order valence-corrected chi connectivity index (χ4v) is 3.15. The number of rotatable bonds is 7. The van der Waals surface area contributed by atoms with Crippen molar-refractivity contribution >= 4 is 0 Å². The molecule has 0 heterocycles. The highest BCUT2D eigenvalue weighted by molar-refractivity contribution is 5.28. The van der Waals surface area contributed by atoms with E-state index in [9.17, 15) is 0 Å². The maximum Gasteiger partial charge on any atom is 0.0325 e. The van der Waals surface area contributed by atoms with Crippen molar-refractivity contribution in [1.29, 1.82) is 0 Å². The topological polar surface area (TPSA) is 12.0 Å². The monoisotopic (exact) mass is 275 g/mol. The van der Waals surface area contributed by atoms with Gasteiger partial charge in [-0.1, -0.05) is 58.9 Å². The quantitative estimate of drug-likeness (QED) is 0.693. The predicted molar refractivity (Wildman–Crippen MR) is 90.1 cm³/mol. The van der Waals surface area contributed by atoms with E-state index < -0.39 is 0 Å². The standard InChI is InChI=1S/C19H33N/c1-7-12-20-18(13-15(2)14-19(4,5)6)17-11-9-8-10-16(17)3/h8-11,15,18,20H,7,12-14H2,1-6H3. The summed E-state index contributed by atoms with van der Waals surface area (Å²) < 4.78 is 0. The lowest BCUT2D eigenvalue weighted by Gasteiger charge is -2.28. The summed E-state index contributed by atoms with van der Waals surface area (Å²) in [5.74, 6) is 0.740. The first kappa shape index (κ1) is 17.2. The molecule has 2 atom stereocenters. The Balaban J connectivity index is 2.77. The number of hydrogen-bond donors (Lipinski definition) is 1. The van der Waals surface area contributed by atoms with E-state index in [-0.39, 0.29) is 0 Å². The van der Waals surface area contributed by atoms with Gasteiger partial charge in [0.15, 0.2) is 0 Å². The van der Waals surface area contributed by atoms with Gasteiger partial charge in [0.2, 0.25) is 0 Å². The van der Waals surface area contributed by atoms with E-state index in [4.69, 9.17) is 0 Å². The smallest absolute Gasteiger partial charge is 0.0325 e. The van der Waals surface area contributed by atoms with Crippen LogP contribution in [0.4, 0.5) is 0 Å². The lowest BCUT2D eigenvalue weighted by atomic mass is 9.81. The molecule has 0 saturated carbocycles. The molecule has 0 saturated heterocycles. The van der Waals surface area contributed by atoms with Crippen molar-refractivity contribution in [2.75, 3.05) is 6.54 Å². The summed E-state index contributed by atoms with van der Waals surface area (Å²) in [6, 6.07) is 9.30. The normalized spacial score (nSPS) is 15.1. The van der Waals surface area contributed by atoms with Crippen LogP contribution in [-0.4, -0.2) is 6.54 Å². The molecule has 2 unspecified atom stereocenters. The van der Waals surface area contributed by atoms with E-state index in [1.54, 1.807) is 0 Å². The molecular formula is C19H33N. The zero-order chi connectivity index (χ0) is 15.2. The summed E-state index contributed by atoms with van der Waals surface area (Å²) in [5, 5.41) is 3.74. The van der Waals surface area contributed by atoms with Gasteiger partial charge >= 0.3 is 0 Å². The molecule has 1 aromatic rings. The molecule has 0 fully saturated rings. The molecule has 0 aliphatic carbocycles. The van der Waals surface area contributed by atoms with Crippen LogP contribution >= 0.6 is 0 Å². The van der Waals surface area contributed by atoms with E-state index in [2.05, 4.69) is 71.1 Å². The fourth-order valence-electron chi connectivity index (χ4n) is 3.15. The molecule has 0 aromatic heterocycles. The van der Waals surface area contributed by atoms with Crippen LogP contribution in [0.5, 0.6) is 0 Å². The summed E-state index contributed by atoms with van der Waals surface area (Å²) >= 11 is 0. The van der Waals surface area contributed by atoms with Crippen LogP contribution in [0.25, 0.3) is 0 Å². The molecular weight excluding hydrogens is 242 g/mol. The van der Waals surface area contributed by atoms with Gasteiger partial charge in [-0.2, -0.15) is 0 Å². The highest BCUT2D eigenvalue weighted by Gasteiger charge is 2.20. The Hall–Kier alpha value is -0.820. The molecule has 0 bridgehead atoms. The van der Waals surface area contributed by atoms with Crippen LogP contribution in [0.1, 0.15) is 71.0 Å². The van der Waals surface area contributed by atoms with Gasteiger partial charge in [-0.15, -0.1) is 0 Å². The van der Waals surface area contributed by atoms with Crippen LogP contribution in [0, 0.1) is 18.3 Å². The van der Waals surface area contributed by atoms with Crippen molar-refractivity contribution in [2.24, 2.45) is 11.3 Å². The van der Waals surface area contributed by atoms with Gasteiger partial charge in [-0.3, -0.25) is 0 Å². The SMILES string of the molecule is CCCNC(CC(C)CC(C)(C)C)c1ccccc1C. The Kier molecular flexibility index (Phi) is 6.75. The van der Waals surface area contributed by atoms with Crippen molar-refractivity contribution in [3.05, 3.63) is 35.4 Å². The summed E-state index contributed by atoms with van der Waals surface area (Å²) in [7, 11) is 0. The van der Waals surface area contributed by atoms with Crippen LogP contribution < -0.4 is 5.32 Å². The summed E-state index contributed by atoms with van der Waals surface area (Å²) in [4.78, 5) is 0. The number of hydrogen-bond acceptors (Lipinski definition) is 1.